The fourth-order valence-corrected chi connectivity index (χ4v) is 5.96. The molecule has 5 rings (SSSR count). The average Bonchev–Trinajstić information content (AvgIpc) is 3.56. The van der Waals surface area contributed by atoms with Crippen LogP contribution in [0.1, 0.15) is 58.0 Å². The Morgan fingerprint density at radius 1 is 0.932 bits per heavy atom. The molecule has 0 aromatic heterocycles. The molecule has 0 bridgehead atoms. The lowest BCUT2D eigenvalue weighted by Gasteiger charge is -2.32. The Labute approximate surface area is 253 Å². The number of fused-ring (bicyclic) bond motifs is 2. The molecule has 7 N–H and O–H groups in total. The number of hydrogen-bond acceptors (Lipinski definition) is 9. The van der Waals surface area contributed by atoms with E-state index >= 15 is 0 Å². The Morgan fingerprint density at radius 3 is 2.05 bits per heavy atom. The zero-order chi connectivity index (χ0) is 31.8. The summed E-state index contributed by atoms with van der Waals surface area (Å²) in [6.07, 6.45) is -0.679. The summed E-state index contributed by atoms with van der Waals surface area (Å²) in [5, 5.41) is 35.2. The molecule has 0 radical (unpaired) electrons. The molecule has 2 aromatic rings. The van der Waals surface area contributed by atoms with Crippen LogP contribution in [0.25, 0.3) is 0 Å². The van der Waals surface area contributed by atoms with Crippen LogP contribution in [0.3, 0.4) is 0 Å². The molecule has 3 heterocycles. The Bertz CT molecular complexity index is 1520. The van der Waals surface area contributed by atoms with Gasteiger partial charge in [0.05, 0.1) is 31.2 Å². The predicted octanol–water partition coefficient (Wildman–Crippen LogP) is -2.50. The second kappa shape index (κ2) is 12.5. The summed E-state index contributed by atoms with van der Waals surface area (Å²) in [7, 11) is -2.35. The minimum absolute atomic E-state index is 0.0307. The number of carboxylic acids is 1. The molecule has 0 aliphatic carbocycles. The number of carboxylic acid groups (broad SMARTS) is 1. The lowest BCUT2D eigenvalue weighted by molar-refractivity contribution is -0.732. The highest BCUT2D eigenvalue weighted by atomic mass is 16.5. The SMILES string of the molecule is C[C@H](NC(=O)c1ccc2c(c1)B(O)OC2)[C@@H](C(=O)N[C@@H](CCC(N)=O)CC(=O)O)[N+]1(C(=O)c2ccc3c(c2)B(O)OC3)CC1. The van der Waals surface area contributed by atoms with Crippen molar-refractivity contribution in [3.05, 3.63) is 58.7 Å². The molecule has 16 heteroatoms. The number of benzene rings is 2. The van der Waals surface area contributed by atoms with E-state index in [9.17, 15) is 39.1 Å². The molecule has 3 aliphatic rings. The van der Waals surface area contributed by atoms with Crippen LogP contribution in [0.5, 0.6) is 0 Å². The molecule has 0 saturated carbocycles. The van der Waals surface area contributed by atoms with Crippen molar-refractivity contribution < 1.29 is 52.9 Å². The zero-order valence-electron chi connectivity index (χ0n) is 24.0. The normalized spacial score (nSPS) is 18.1. The maximum absolute atomic E-state index is 14.0. The summed E-state index contributed by atoms with van der Waals surface area (Å²) in [5.41, 5.74) is 8.08. The van der Waals surface area contributed by atoms with E-state index in [4.69, 9.17) is 15.0 Å². The fourth-order valence-electron chi connectivity index (χ4n) is 5.96. The van der Waals surface area contributed by atoms with Gasteiger partial charge in [0.15, 0.2) is 6.04 Å². The first-order chi connectivity index (χ1) is 20.9. The third-order valence-corrected chi connectivity index (χ3v) is 8.38. The predicted molar refractivity (Wildman–Crippen MR) is 155 cm³/mol. The van der Waals surface area contributed by atoms with Crippen molar-refractivity contribution in [1.82, 2.24) is 10.6 Å². The molecule has 2 aromatic carbocycles. The van der Waals surface area contributed by atoms with Crippen molar-refractivity contribution in [2.24, 2.45) is 5.73 Å². The maximum atomic E-state index is 14.0. The van der Waals surface area contributed by atoms with Crippen LogP contribution in [-0.4, -0.2) is 94.7 Å². The maximum Gasteiger partial charge on any atom is 0.491 e. The van der Waals surface area contributed by atoms with Crippen LogP contribution in [0.4, 0.5) is 0 Å². The van der Waals surface area contributed by atoms with Gasteiger partial charge in [0, 0.05) is 18.0 Å². The lowest BCUT2D eigenvalue weighted by Crippen LogP contribution is -2.62. The number of primary amides is 1. The lowest BCUT2D eigenvalue weighted by atomic mass is 9.78. The van der Waals surface area contributed by atoms with Crippen LogP contribution in [-0.2, 0) is 36.9 Å². The summed E-state index contributed by atoms with van der Waals surface area (Å²) in [5.74, 6) is -3.52. The highest BCUT2D eigenvalue weighted by molar-refractivity contribution is 6.62. The van der Waals surface area contributed by atoms with Gasteiger partial charge in [0.2, 0.25) is 5.91 Å². The summed E-state index contributed by atoms with van der Waals surface area (Å²) in [6, 6.07) is 6.45. The average molecular weight is 607 g/mol. The Morgan fingerprint density at radius 2 is 1.50 bits per heavy atom. The molecule has 1 fully saturated rings. The van der Waals surface area contributed by atoms with Crippen LogP contribution in [0.15, 0.2) is 36.4 Å². The van der Waals surface area contributed by atoms with Crippen LogP contribution >= 0.6 is 0 Å². The van der Waals surface area contributed by atoms with Gasteiger partial charge in [0.25, 0.3) is 11.8 Å². The molecule has 14 nitrogen and oxygen atoms in total. The first kappa shape index (κ1) is 31.3. The molecule has 3 aliphatic heterocycles. The van der Waals surface area contributed by atoms with Crippen molar-refractivity contribution in [2.45, 2.75) is 57.5 Å². The first-order valence-electron chi connectivity index (χ1n) is 14.3. The van der Waals surface area contributed by atoms with Crippen molar-refractivity contribution in [1.29, 1.82) is 0 Å². The molecule has 44 heavy (non-hydrogen) atoms. The number of amides is 4. The van der Waals surface area contributed by atoms with Gasteiger partial charge in [-0.25, -0.2) is 9.28 Å². The van der Waals surface area contributed by atoms with Crippen molar-refractivity contribution in [3.8, 4) is 0 Å². The second-order valence-corrected chi connectivity index (χ2v) is 11.5. The van der Waals surface area contributed by atoms with Gasteiger partial charge in [-0.15, -0.1) is 0 Å². The Hall–Kier alpha value is -4.08. The minimum Gasteiger partial charge on any atom is -0.481 e. The number of nitrogens with one attached hydrogen (secondary N) is 2. The standard InChI is InChI=1S/C28H32B2N4O10/c1-15(32-26(38)16-2-4-18-13-43-29(41)21(18)10-16)25(27(39)33-20(12-24(36)37)6-7-23(31)35)34(8-9-34)28(40)17-3-5-19-14-44-30(42)22(19)11-17/h2-5,10-11,15,20,25,41-42H,6-9,12-14H2,1H3,(H4-,31,32,33,35,36,37,38,39)/p+1/t15-,20-,25-/m0/s1. The highest BCUT2D eigenvalue weighted by Gasteiger charge is 2.61. The van der Waals surface area contributed by atoms with Gasteiger partial charge < -0.3 is 40.8 Å². The highest BCUT2D eigenvalue weighted by Crippen LogP contribution is 2.33. The number of aliphatic carboxylic acids is 1. The third kappa shape index (κ3) is 6.39. The van der Waals surface area contributed by atoms with Crippen LogP contribution in [0, 0.1) is 0 Å². The van der Waals surface area contributed by atoms with E-state index in [0.717, 1.165) is 11.1 Å². The molecule has 1 saturated heterocycles. The first-order valence-corrected chi connectivity index (χ1v) is 14.3. The van der Waals surface area contributed by atoms with Crippen LogP contribution in [0.2, 0.25) is 0 Å². The molecule has 4 amide bonds. The van der Waals surface area contributed by atoms with E-state index < -0.39 is 68.4 Å². The van der Waals surface area contributed by atoms with E-state index in [1.807, 2.05) is 0 Å². The number of rotatable bonds is 12. The summed E-state index contributed by atoms with van der Waals surface area (Å²) in [4.78, 5) is 64.3. The van der Waals surface area contributed by atoms with Gasteiger partial charge in [-0.05, 0) is 59.7 Å². The number of nitrogens with zero attached hydrogens (tertiary/aromatic N) is 1. The smallest absolute Gasteiger partial charge is 0.481 e. The van der Waals surface area contributed by atoms with E-state index in [1.165, 1.54) is 12.1 Å². The molecular formula is C28H33B2N4O10+. The minimum atomic E-state index is -1.20. The van der Waals surface area contributed by atoms with Crippen LogP contribution < -0.4 is 27.3 Å². The van der Waals surface area contributed by atoms with Gasteiger partial charge in [-0.1, -0.05) is 12.1 Å². The van der Waals surface area contributed by atoms with E-state index in [2.05, 4.69) is 10.6 Å². The molecule has 0 spiro atoms. The Balaban J connectivity index is 1.43. The molecular weight excluding hydrogens is 574 g/mol. The van der Waals surface area contributed by atoms with Gasteiger partial charge in [-0.3, -0.25) is 19.2 Å². The Kier molecular flexibility index (Phi) is 8.90. The topological polar surface area (TPSA) is 215 Å². The second-order valence-electron chi connectivity index (χ2n) is 11.5. The van der Waals surface area contributed by atoms with Gasteiger partial charge >= 0.3 is 26.1 Å². The van der Waals surface area contributed by atoms with Crippen molar-refractivity contribution in [2.75, 3.05) is 13.1 Å². The largest absolute Gasteiger partial charge is 0.491 e. The number of nitrogens with two attached hydrogens (primary N) is 1. The number of hydrogen-bond donors (Lipinski definition) is 6. The quantitative estimate of drug-likeness (QED) is 0.0848. The molecule has 3 atom stereocenters. The van der Waals surface area contributed by atoms with Crippen molar-refractivity contribution in [3.63, 3.8) is 0 Å². The monoisotopic (exact) mass is 607 g/mol. The summed E-state index contributed by atoms with van der Waals surface area (Å²) >= 11 is 0. The third-order valence-electron chi connectivity index (χ3n) is 8.38. The molecule has 0 unspecified atom stereocenters. The van der Waals surface area contributed by atoms with Gasteiger partial charge in [0.1, 0.15) is 13.1 Å². The summed E-state index contributed by atoms with van der Waals surface area (Å²) < 4.78 is 10.1. The van der Waals surface area contributed by atoms with Gasteiger partial charge in [-0.2, -0.15) is 0 Å². The number of carbonyl (C=O) groups excluding carboxylic acids is 4. The van der Waals surface area contributed by atoms with E-state index in [0.29, 0.717) is 10.9 Å². The number of carbonyl (C=O) groups is 5. The molecule has 230 valence electrons. The van der Waals surface area contributed by atoms with E-state index in [1.54, 1.807) is 31.2 Å². The van der Waals surface area contributed by atoms with E-state index in [-0.39, 0.29) is 54.8 Å². The number of quaternary nitrogens is 1. The zero-order valence-corrected chi connectivity index (χ0v) is 24.0. The fraction of sp³-hybridized carbons (Fsp3) is 0.393. The van der Waals surface area contributed by atoms with Crippen molar-refractivity contribution >= 4 is 54.8 Å². The summed E-state index contributed by atoms with van der Waals surface area (Å²) in [6.45, 7) is 2.51.